The Kier molecular flexibility index (Phi) is 8.06. The first-order valence-corrected chi connectivity index (χ1v) is 12.0. The second-order valence-electron chi connectivity index (χ2n) is 10.1. The fraction of sp³-hybridized carbons (Fsp3) is 0.333. The summed E-state index contributed by atoms with van der Waals surface area (Å²) in [6.45, 7) is 13.1. The zero-order valence-corrected chi connectivity index (χ0v) is 21.9. The lowest BCUT2D eigenvalue weighted by molar-refractivity contribution is 0.0646. The number of likely N-dealkylation sites (N-methyl/N-ethyl adjacent to an activating group) is 1. The van der Waals surface area contributed by atoms with Crippen molar-refractivity contribution in [3.63, 3.8) is 0 Å². The van der Waals surface area contributed by atoms with E-state index in [1.54, 1.807) is 7.05 Å². The summed E-state index contributed by atoms with van der Waals surface area (Å²) in [4.78, 5) is 1.52. The molecule has 7 heteroatoms. The van der Waals surface area contributed by atoms with Crippen LogP contribution in [0.15, 0.2) is 84.2 Å². The predicted molar refractivity (Wildman–Crippen MR) is 140 cm³/mol. The molecule has 3 rings (SSSR count). The summed E-state index contributed by atoms with van der Waals surface area (Å²) >= 11 is 0. The fourth-order valence-electron chi connectivity index (χ4n) is 4.61. The van der Waals surface area contributed by atoms with Crippen molar-refractivity contribution in [2.45, 2.75) is 58.2 Å². The normalized spacial score (nSPS) is 15.6. The Balaban J connectivity index is 1.84. The molecule has 0 saturated carbocycles. The van der Waals surface area contributed by atoms with Crippen molar-refractivity contribution in [3.05, 3.63) is 113 Å². The number of alkyl halides is 3. The van der Waals surface area contributed by atoms with Gasteiger partial charge < -0.3 is 10.2 Å². The molecule has 1 aliphatic heterocycles. The maximum Gasteiger partial charge on any atom is 0.270 e. The van der Waals surface area contributed by atoms with Crippen LogP contribution < -0.4 is 5.32 Å². The topological polar surface area (TPSA) is 15.3 Å². The summed E-state index contributed by atoms with van der Waals surface area (Å²) in [5, 5.41) is 3.04. The maximum absolute atomic E-state index is 14.8. The van der Waals surface area contributed by atoms with Gasteiger partial charge in [0, 0.05) is 37.0 Å². The van der Waals surface area contributed by atoms with Crippen molar-refractivity contribution in [1.29, 1.82) is 0 Å². The number of hydrogen-bond donors (Lipinski definition) is 1. The minimum Gasteiger partial charge on any atom is -0.382 e. The van der Waals surface area contributed by atoms with Gasteiger partial charge in [-0.2, -0.15) is 0 Å². The minimum atomic E-state index is -3.19. The van der Waals surface area contributed by atoms with Gasteiger partial charge in [0.25, 0.3) is 5.92 Å². The summed E-state index contributed by atoms with van der Waals surface area (Å²) in [6.07, 6.45) is 1.91. The number of nitrogens with one attached hydrogen (secondary N) is 1. The van der Waals surface area contributed by atoms with Crippen LogP contribution in [0.5, 0.6) is 0 Å². The highest BCUT2D eigenvalue weighted by Gasteiger charge is 2.38. The molecule has 0 saturated heterocycles. The molecule has 1 heterocycles. The van der Waals surface area contributed by atoms with E-state index in [9.17, 15) is 22.0 Å². The Bertz CT molecular complexity index is 1240. The Morgan fingerprint density at radius 1 is 1.00 bits per heavy atom. The van der Waals surface area contributed by atoms with Crippen molar-refractivity contribution >= 4 is 5.70 Å². The lowest BCUT2D eigenvalue weighted by Gasteiger charge is -2.37. The van der Waals surface area contributed by atoms with E-state index in [1.165, 1.54) is 43.0 Å². The average Bonchev–Trinajstić information content (AvgIpc) is 2.75. The molecule has 0 aromatic heterocycles. The van der Waals surface area contributed by atoms with E-state index in [0.29, 0.717) is 17.7 Å². The molecule has 2 nitrogen and oxygen atoms in total. The quantitative estimate of drug-likeness (QED) is 0.343. The summed E-state index contributed by atoms with van der Waals surface area (Å²) < 4.78 is 72.2. The SMILES string of the molecule is C=C(NC(C)Cc1cccc(CC2=C(C(C)(F)F)C=C(C(C)(C)F)N(C)C2=C)c1)c1c(F)cccc1F. The first kappa shape index (κ1) is 28.2. The summed E-state index contributed by atoms with van der Waals surface area (Å²) in [7, 11) is 1.62. The summed E-state index contributed by atoms with van der Waals surface area (Å²) in [6, 6.07) is 10.9. The molecule has 2 aromatic carbocycles. The molecular formula is C30H33F5N2. The molecule has 0 fully saturated rings. The van der Waals surface area contributed by atoms with Crippen LogP contribution in [-0.2, 0) is 12.8 Å². The van der Waals surface area contributed by atoms with Gasteiger partial charge in [0.2, 0.25) is 0 Å². The second-order valence-corrected chi connectivity index (χ2v) is 10.1. The van der Waals surface area contributed by atoms with Crippen LogP contribution in [0.1, 0.15) is 44.4 Å². The largest absolute Gasteiger partial charge is 0.382 e. The van der Waals surface area contributed by atoms with Crippen molar-refractivity contribution < 1.29 is 22.0 Å². The van der Waals surface area contributed by atoms with Crippen LogP contribution in [-0.4, -0.2) is 29.6 Å². The molecule has 1 aliphatic rings. The van der Waals surface area contributed by atoms with Gasteiger partial charge in [0.05, 0.1) is 11.3 Å². The Hall–Kier alpha value is -3.35. The molecule has 0 amide bonds. The number of benzene rings is 2. The fourth-order valence-corrected chi connectivity index (χ4v) is 4.61. The van der Waals surface area contributed by atoms with Crippen molar-refractivity contribution in [1.82, 2.24) is 10.2 Å². The van der Waals surface area contributed by atoms with Crippen molar-refractivity contribution in [2.75, 3.05) is 7.05 Å². The molecule has 198 valence electrons. The first-order valence-electron chi connectivity index (χ1n) is 12.0. The van der Waals surface area contributed by atoms with Crippen molar-refractivity contribution in [3.8, 4) is 0 Å². The highest BCUT2D eigenvalue weighted by Crippen LogP contribution is 2.41. The molecule has 0 aliphatic carbocycles. The molecule has 0 spiro atoms. The molecule has 0 radical (unpaired) electrons. The maximum atomic E-state index is 14.8. The molecule has 1 N–H and O–H groups in total. The zero-order chi connectivity index (χ0) is 27.7. The summed E-state index contributed by atoms with van der Waals surface area (Å²) in [5.74, 6) is -4.59. The number of halogens is 5. The van der Waals surface area contributed by atoms with E-state index in [2.05, 4.69) is 18.5 Å². The number of nitrogens with zero attached hydrogens (tertiary/aromatic N) is 1. The standard InChI is InChI=1S/C30H33F5N2/c1-18(36-19(2)28-25(31)12-9-13-26(28)32)14-21-10-8-11-22(15-21)16-23-20(3)37(7)27(29(4,5)33)17-24(23)30(6,34)35/h8-13,15,17-18,36H,2-3,14,16H2,1,4-7H3. The third kappa shape index (κ3) is 6.51. The predicted octanol–water partition coefficient (Wildman–Crippen LogP) is 7.74. The van der Waals surface area contributed by atoms with E-state index < -0.39 is 23.2 Å². The van der Waals surface area contributed by atoms with Crippen LogP contribution >= 0.6 is 0 Å². The summed E-state index contributed by atoms with van der Waals surface area (Å²) in [5.41, 5.74) is 0.340. The highest BCUT2D eigenvalue weighted by atomic mass is 19.3. The molecule has 2 aromatic rings. The Labute approximate surface area is 215 Å². The van der Waals surface area contributed by atoms with Gasteiger partial charge in [-0.05, 0) is 68.5 Å². The van der Waals surface area contributed by atoms with Gasteiger partial charge in [0.1, 0.15) is 17.3 Å². The molecule has 37 heavy (non-hydrogen) atoms. The Morgan fingerprint density at radius 2 is 1.57 bits per heavy atom. The van der Waals surface area contributed by atoms with Crippen LogP contribution in [0.3, 0.4) is 0 Å². The van der Waals surface area contributed by atoms with Gasteiger partial charge in [-0.15, -0.1) is 0 Å². The van der Waals surface area contributed by atoms with Crippen LogP contribution in [0.25, 0.3) is 5.70 Å². The van der Waals surface area contributed by atoms with Crippen LogP contribution in [0.2, 0.25) is 0 Å². The van der Waals surface area contributed by atoms with Gasteiger partial charge in [-0.3, -0.25) is 0 Å². The van der Waals surface area contributed by atoms with Crippen LogP contribution in [0.4, 0.5) is 22.0 Å². The van der Waals surface area contributed by atoms with Crippen LogP contribution in [0, 0.1) is 11.6 Å². The third-order valence-electron chi connectivity index (χ3n) is 6.40. The van der Waals surface area contributed by atoms with E-state index in [1.807, 2.05) is 31.2 Å². The lowest BCUT2D eigenvalue weighted by atomic mass is 9.87. The molecule has 0 bridgehead atoms. The van der Waals surface area contributed by atoms with E-state index >= 15 is 0 Å². The molecular weight excluding hydrogens is 483 g/mol. The van der Waals surface area contributed by atoms with Gasteiger partial charge >= 0.3 is 0 Å². The monoisotopic (exact) mass is 516 g/mol. The first-order chi connectivity index (χ1) is 17.1. The van der Waals surface area contributed by atoms with Gasteiger partial charge in [-0.25, -0.2) is 22.0 Å². The molecule has 1 unspecified atom stereocenters. The third-order valence-corrected chi connectivity index (χ3v) is 6.40. The Morgan fingerprint density at radius 3 is 2.14 bits per heavy atom. The zero-order valence-electron chi connectivity index (χ0n) is 21.9. The van der Waals surface area contributed by atoms with E-state index in [0.717, 1.165) is 18.1 Å². The van der Waals surface area contributed by atoms with E-state index in [4.69, 9.17) is 0 Å². The highest BCUT2D eigenvalue weighted by molar-refractivity contribution is 5.63. The van der Waals surface area contributed by atoms with E-state index in [-0.39, 0.29) is 35.0 Å². The van der Waals surface area contributed by atoms with Gasteiger partial charge in [0.15, 0.2) is 0 Å². The minimum absolute atomic E-state index is 0.123. The molecule has 1 atom stereocenters. The smallest absolute Gasteiger partial charge is 0.270 e. The number of rotatable bonds is 9. The lowest BCUT2D eigenvalue weighted by Crippen LogP contribution is -2.35. The average molecular weight is 517 g/mol. The number of allylic oxidation sites excluding steroid dienone is 4. The van der Waals surface area contributed by atoms with Crippen molar-refractivity contribution in [2.24, 2.45) is 0 Å². The second kappa shape index (κ2) is 10.6. The number of hydrogen-bond acceptors (Lipinski definition) is 2. The van der Waals surface area contributed by atoms with Gasteiger partial charge in [-0.1, -0.05) is 43.5 Å².